The molecule has 0 bridgehead atoms. The summed E-state index contributed by atoms with van der Waals surface area (Å²) in [6, 6.07) is 0.543. The van der Waals surface area contributed by atoms with Gasteiger partial charge in [-0.2, -0.15) is 0 Å². The maximum Gasteiger partial charge on any atom is 0.206 e. The Morgan fingerprint density at radius 3 is 2.94 bits per heavy atom. The molecule has 1 saturated heterocycles. The molecular formula is C9H16BrN5S. The number of hydrogen-bond donors (Lipinski definition) is 1. The Morgan fingerprint density at radius 1 is 1.44 bits per heavy atom. The van der Waals surface area contributed by atoms with Gasteiger partial charge < -0.3 is 10.2 Å². The van der Waals surface area contributed by atoms with E-state index in [1.54, 1.807) is 0 Å². The Morgan fingerprint density at radius 2 is 2.25 bits per heavy atom. The van der Waals surface area contributed by atoms with Gasteiger partial charge in [-0.15, -0.1) is 10.2 Å². The summed E-state index contributed by atoms with van der Waals surface area (Å²) in [5, 5.41) is 12.2. The predicted molar refractivity (Wildman–Crippen MR) is 70.0 cm³/mol. The predicted octanol–water partition coefficient (Wildman–Crippen LogP) is 0.958. The maximum absolute atomic E-state index is 4.02. The smallest absolute Gasteiger partial charge is 0.206 e. The van der Waals surface area contributed by atoms with Crippen LogP contribution in [0.4, 0.5) is 5.13 Å². The number of anilines is 1. The van der Waals surface area contributed by atoms with Crippen molar-refractivity contribution in [2.45, 2.75) is 6.04 Å². The molecule has 16 heavy (non-hydrogen) atoms. The molecule has 1 aromatic heterocycles. The number of rotatable bonds is 3. The van der Waals surface area contributed by atoms with Gasteiger partial charge in [0.1, 0.15) is 0 Å². The van der Waals surface area contributed by atoms with Gasteiger partial charge in [0.25, 0.3) is 0 Å². The number of likely N-dealkylation sites (N-methyl/N-ethyl adjacent to an activating group) is 2. The molecule has 2 heterocycles. The first-order valence-electron chi connectivity index (χ1n) is 5.27. The number of nitrogens with zero attached hydrogens (tertiary/aromatic N) is 4. The monoisotopic (exact) mass is 305 g/mol. The van der Waals surface area contributed by atoms with Crippen LogP contribution in [0.5, 0.6) is 0 Å². The topological polar surface area (TPSA) is 44.3 Å². The maximum atomic E-state index is 4.02. The van der Waals surface area contributed by atoms with Gasteiger partial charge in [0.2, 0.25) is 5.13 Å². The van der Waals surface area contributed by atoms with Gasteiger partial charge in [0, 0.05) is 32.2 Å². The lowest BCUT2D eigenvalue weighted by Gasteiger charge is -2.37. The van der Waals surface area contributed by atoms with Crippen molar-refractivity contribution in [2.24, 2.45) is 0 Å². The van der Waals surface area contributed by atoms with Crippen LogP contribution in [0, 0.1) is 0 Å². The fourth-order valence-corrected chi connectivity index (χ4v) is 2.82. The number of halogens is 1. The zero-order valence-electron chi connectivity index (χ0n) is 9.48. The van der Waals surface area contributed by atoms with Gasteiger partial charge in [-0.05, 0) is 30.0 Å². The van der Waals surface area contributed by atoms with Crippen molar-refractivity contribution in [2.75, 3.05) is 45.6 Å². The highest BCUT2D eigenvalue weighted by atomic mass is 79.9. The average Bonchev–Trinajstić information content (AvgIpc) is 2.66. The summed E-state index contributed by atoms with van der Waals surface area (Å²) >= 11 is 4.84. The summed E-state index contributed by atoms with van der Waals surface area (Å²) in [5.41, 5.74) is 0. The molecule has 0 radical (unpaired) electrons. The minimum Gasteiger partial charge on any atom is -0.358 e. The van der Waals surface area contributed by atoms with Crippen molar-refractivity contribution < 1.29 is 0 Å². The van der Waals surface area contributed by atoms with Crippen LogP contribution in [0.25, 0.3) is 0 Å². The average molecular weight is 306 g/mol. The first kappa shape index (κ1) is 12.2. The highest BCUT2D eigenvalue weighted by molar-refractivity contribution is 9.11. The summed E-state index contributed by atoms with van der Waals surface area (Å²) < 4.78 is 0.823. The number of aromatic nitrogens is 2. The first-order chi connectivity index (χ1) is 7.65. The molecule has 0 amide bonds. The summed E-state index contributed by atoms with van der Waals surface area (Å²) in [7, 11) is 4.34. The quantitative estimate of drug-likeness (QED) is 0.901. The van der Waals surface area contributed by atoms with Crippen molar-refractivity contribution in [1.82, 2.24) is 20.0 Å². The molecule has 1 fully saturated rings. The number of piperazine rings is 1. The van der Waals surface area contributed by atoms with Gasteiger partial charge in [-0.25, -0.2) is 0 Å². The van der Waals surface area contributed by atoms with Crippen molar-refractivity contribution in [1.29, 1.82) is 0 Å². The third-order valence-electron chi connectivity index (χ3n) is 2.87. The zero-order chi connectivity index (χ0) is 11.5. The molecule has 2 rings (SSSR count). The Kier molecular flexibility index (Phi) is 4.12. The molecule has 0 spiro atoms. The van der Waals surface area contributed by atoms with Crippen LogP contribution in [0.2, 0.25) is 0 Å². The van der Waals surface area contributed by atoms with E-state index in [1.165, 1.54) is 11.3 Å². The van der Waals surface area contributed by atoms with E-state index in [1.807, 2.05) is 0 Å². The minimum absolute atomic E-state index is 0.543. The standard InChI is InChI=1S/C9H16BrN5S/c1-14-3-4-15(2)7(6-14)5-11-9-13-12-8(10)16-9/h7H,3-6H2,1-2H3,(H,11,13). The highest BCUT2D eigenvalue weighted by Crippen LogP contribution is 2.20. The molecule has 1 aromatic rings. The molecule has 1 aliphatic heterocycles. The van der Waals surface area contributed by atoms with E-state index in [0.717, 1.165) is 35.2 Å². The van der Waals surface area contributed by atoms with E-state index in [4.69, 9.17) is 0 Å². The van der Waals surface area contributed by atoms with Crippen LogP contribution in [0.15, 0.2) is 3.92 Å². The van der Waals surface area contributed by atoms with Crippen molar-refractivity contribution in [3.8, 4) is 0 Å². The van der Waals surface area contributed by atoms with Gasteiger partial charge >= 0.3 is 0 Å². The highest BCUT2D eigenvalue weighted by Gasteiger charge is 2.21. The summed E-state index contributed by atoms with van der Waals surface area (Å²) in [5.74, 6) is 0. The van der Waals surface area contributed by atoms with Crippen molar-refractivity contribution in [3.05, 3.63) is 3.92 Å². The fourth-order valence-electron chi connectivity index (χ4n) is 1.80. The second-order valence-electron chi connectivity index (χ2n) is 4.14. The van der Waals surface area contributed by atoms with Gasteiger partial charge in [0.05, 0.1) is 0 Å². The Bertz CT molecular complexity index is 344. The second kappa shape index (κ2) is 5.39. The lowest BCUT2D eigenvalue weighted by atomic mass is 10.2. The zero-order valence-corrected chi connectivity index (χ0v) is 11.9. The SMILES string of the molecule is CN1CCN(C)C(CNc2nnc(Br)s2)C1. The lowest BCUT2D eigenvalue weighted by molar-refractivity contribution is 0.122. The molecule has 1 aliphatic rings. The van der Waals surface area contributed by atoms with E-state index in [0.29, 0.717) is 6.04 Å². The molecule has 0 saturated carbocycles. The summed E-state index contributed by atoms with van der Waals surface area (Å²) in [6.45, 7) is 4.30. The molecule has 0 aromatic carbocycles. The molecule has 90 valence electrons. The van der Waals surface area contributed by atoms with Crippen LogP contribution < -0.4 is 5.32 Å². The number of hydrogen-bond acceptors (Lipinski definition) is 6. The Labute approximate surface area is 108 Å². The first-order valence-corrected chi connectivity index (χ1v) is 6.88. The van der Waals surface area contributed by atoms with E-state index in [-0.39, 0.29) is 0 Å². The second-order valence-corrected chi connectivity index (χ2v) is 6.39. The third-order valence-corrected chi connectivity index (χ3v) is 4.18. The Balaban J connectivity index is 1.84. The molecule has 1 atom stereocenters. The lowest BCUT2D eigenvalue weighted by Crippen LogP contribution is -2.52. The number of nitrogens with one attached hydrogen (secondary N) is 1. The van der Waals surface area contributed by atoms with Gasteiger partial charge in [-0.3, -0.25) is 4.90 Å². The molecule has 5 nitrogen and oxygen atoms in total. The minimum atomic E-state index is 0.543. The van der Waals surface area contributed by atoms with E-state index in [2.05, 4.69) is 55.3 Å². The molecule has 7 heteroatoms. The normalized spacial score (nSPS) is 23.6. The van der Waals surface area contributed by atoms with E-state index in [9.17, 15) is 0 Å². The summed E-state index contributed by atoms with van der Waals surface area (Å²) in [6.07, 6.45) is 0. The van der Waals surface area contributed by atoms with Crippen LogP contribution >= 0.6 is 27.3 Å². The van der Waals surface area contributed by atoms with Crippen molar-refractivity contribution >= 4 is 32.4 Å². The van der Waals surface area contributed by atoms with Crippen molar-refractivity contribution in [3.63, 3.8) is 0 Å². The largest absolute Gasteiger partial charge is 0.358 e. The molecule has 0 aliphatic carbocycles. The molecule has 1 unspecified atom stereocenters. The van der Waals surface area contributed by atoms with Gasteiger partial charge in [-0.1, -0.05) is 11.3 Å². The van der Waals surface area contributed by atoms with Crippen LogP contribution in [0.1, 0.15) is 0 Å². The van der Waals surface area contributed by atoms with Crippen LogP contribution in [-0.2, 0) is 0 Å². The van der Waals surface area contributed by atoms with E-state index < -0.39 is 0 Å². The van der Waals surface area contributed by atoms with Crippen LogP contribution in [0.3, 0.4) is 0 Å². The summed E-state index contributed by atoms with van der Waals surface area (Å²) in [4.78, 5) is 4.76. The molecular weight excluding hydrogens is 290 g/mol. The fraction of sp³-hybridized carbons (Fsp3) is 0.778. The van der Waals surface area contributed by atoms with Gasteiger partial charge in [0.15, 0.2) is 3.92 Å². The molecule has 1 N–H and O–H groups in total. The Hall–Kier alpha value is -0.240. The van der Waals surface area contributed by atoms with E-state index >= 15 is 0 Å². The third kappa shape index (κ3) is 3.13. The van der Waals surface area contributed by atoms with Crippen LogP contribution in [-0.4, -0.2) is 66.3 Å².